The number of hydrogen-bond acceptors (Lipinski definition) is 0. The van der Waals surface area contributed by atoms with E-state index in [2.05, 4.69) is 24.8 Å². The second kappa shape index (κ2) is 5.29. The Kier molecular flexibility index (Phi) is 3.54. The van der Waals surface area contributed by atoms with Gasteiger partial charge in [0, 0.05) is 0 Å². The van der Waals surface area contributed by atoms with E-state index in [1.807, 2.05) is 24.3 Å². The lowest BCUT2D eigenvalue weighted by atomic mass is 10.1. The van der Waals surface area contributed by atoms with Crippen LogP contribution in [0.5, 0.6) is 0 Å². The van der Waals surface area contributed by atoms with Gasteiger partial charge in [0.25, 0.3) is 0 Å². The molecule has 1 heteroatoms. The van der Waals surface area contributed by atoms with E-state index in [-0.39, 0.29) is 5.82 Å². The molecule has 0 unspecified atom stereocenters. The Bertz CT molecular complexity index is 558. The van der Waals surface area contributed by atoms with Crippen LogP contribution < -0.4 is 0 Å². The van der Waals surface area contributed by atoms with Crippen LogP contribution in [0, 0.1) is 12.7 Å². The van der Waals surface area contributed by atoms with Crippen LogP contribution in [0.1, 0.15) is 16.7 Å². The molecule has 0 heterocycles. The summed E-state index contributed by atoms with van der Waals surface area (Å²) in [6.45, 7) is 2.05. The van der Waals surface area contributed by atoms with E-state index < -0.39 is 0 Å². The highest BCUT2D eigenvalue weighted by Crippen LogP contribution is 2.07. The highest BCUT2D eigenvalue weighted by atomic mass is 19.1. The molecule has 0 atom stereocenters. The molecule has 0 aromatic heterocycles. The van der Waals surface area contributed by atoms with Crippen LogP contribution in [0.4, 0.5) is 4.39 Å². The van der Waals surface area contributed by atoms with E-state index >= 15 is 0 Å². The third kappa shape index (κ3) is 3.44. The fraction of sp³-hybridized carbons (Fsp3) is 0.0625. The number of halogens is 1. The van der Waals surface area contributed by atoms with Crippen molar-refractivity contribution >= 4 is 12.2 Å². The molecule has 84 valence electrons. The summed E-state index contributed by atoms with van der Waals surface area (Å²) in [4.78, 5) is 0. The predicted molar refractivity (Wildman–Crippen MR) is 70.0 cm³/mol. The molecular formula is C16H13F. The van der Waals surface area contributed by atoms with E-state index in [1.165, 1.54) is 17.7 Å². The summed E-state index contributed by atoms with van der Waals surface area (Å²) in [5, 5.41) is 0. The Hall–Kier alpha value is -2.11. The minimum absolute atomic E-state index is 0.226. The Morgan fingerprint density at radius 2 is 1.65 bits per heavy atom. The van der Waals surface area contributed by atoms with Crippen LogP contribution in [0.25, 0.3) is 12.2 Å². The second-order valence-corrected chi connectivity index (χ2v) is 3.92. The van der Waals surface area contributed by atoms with Gasteiger partial charge < -0.3 is 0 Å². The number of rotatable bonds is 2. The van der Waals surface area contributed by atoms with Gasteiger partial charge in [-0.25, -0.2) is 4.39 Å². The standard InChI is InChI=1S/C16H13F/c1-13-8-10-14(11-9-13)4-2-5-15-6-3-7-16(17)12-15/h3-12H,1H3. The van der Waals surface area contributed by atoms with E-state index in [0.717, 1.165) is 11.1 Å². The van der Waals surface area contributed by atoms with Crippen molar-refractivity contribution in [3.63, 3.8) is 0 Å². The summed E-state index contributed by atoms with van der Waals surface area (Å²) in [5.74, 6) is -0.226. The molecule has 0 nitrogen and oxygen atoms in total. The number of benzene rings is 2. The zero-order valence-electron chi connectivity index (χ0n) is 9.65. The molecule has 0 bridgehead atoms. The molecule has 0 fully saturated rings. The molecule has 0 N–H and O–H groups in total. The maximum absolute atomic E-state index is 12.9. The fourth-order valence-corrected chi connectivity index (χ4v) is 1.49. The van der Waals surface area contributed by atoms with Gasteiger partial charge in [-0.2, -0.15) is 0 Å². The van der Waals surface area contributed by atoms with Gasteiger partial charge in [-0.3, -0.25) is 0 Å². The summed E-state index contributed by atoms with van der Waals surface area (Å²) in [7, 11) is 0. The first-order valence-corrected chi connectivity index (χ1v) is 5.49. The first-order chi connectivity index (χ1) is 8.24. The maximum atomic E-state index is 12.9. The normalized spacial score (nSPS) is 9.53. The molecule has 0 saturated heterocycles. The van der Waals surface area contributed by atoms with Gasteiger partial charge in [-0.1, -0.05) is 42.0 Å². The molecule has 17 heavy (non-hydrogen) atoms. The molecule has 2 aromatic carbocycles. The monoisotopic (exact) mass is 224 g/mol. The summed E-state index contributed by atoms with van der Waals surface area (Å²) in [5.41, 5.74) is 6.18. The van der Waals surface area contributed by atoms with Gasteiger partial charge in [0.1, 0.15) is 5.82 Å². The molecule has 0 aliphatic heterocycles. The number of aryl methyl sites for hydroxylation is 1. The largest absolute Gasteiger partial charge is 0.207 e. The molecule has 2 rings (SSSR count). The van der Waals surface area contributed by atoms with Crippen molar-refractivity contribution in [1.82, 2.24) is 0 Å². The average molecular weight is 224 g/mol. The molecular weight excluding hydrogens is 211 g/mol. The van der Waals surface area contributed by atoms with Crippen molar-refractivity contribution in [3.05, 3.63) is 76.8 Å². The van der Waals surface area contributed by atoms with E-state index in [0.29, 0.717) is 0 Å². The lowest BCUT2D eigenvalue weighted by Crippen LogP contribution is -1.74. The molecule has 0 aliphatic carbocycles. The van der Waals surface area contributed by atoms with Crippen molar-refractivity contribution in [3.8, 4) is 0 Å². The lowest BCUT2D eigenvalue weighted by molar-refractivity contribution is 0.627. The zero-order valence-corrected chi connectivity index (χ0v) is 9.65. The van der Waals surface area contributed by atoms with Gasteiger partial charge in [-0.05, 0) is 42.3 Å². The summed E-state index contributed by atoms with van der Waals surface area (Å²) >= 11 is 0. The Morgan fingerprint density at radius 3 is 2.35 bits per heavy atom. The van der Waals surface area contributed by atoms with Crippen molar-refractivity contribution in [1.29, 1.82) is 0 Å². The molecule has 0 spiro atoms. The topological polar surface area (TPSA) is 0 Å². The highest BCUT2D eigenvalue weighted by Gasteiger charge is 1.89. The summed E-state index contributed by atoms with van der Waals surface area (Å²) in [6.07, 6.45) is 3.65. The van der Waals surface area contributed by atoms with Crippen LogP contribution in [-0.2, 0) is 0 Å². The molecule has 0 aliphatic rings. The van der Waals surface area contributed by atoms with Crippen molar-refractivity contribution < 1.29 is 4.39 Å². The van der Waals surface area contributed by atoms with Crippen molar-refractivity contribution in [2.75, 3.05) is 0 Å². The van der Waals surface area contributed by atoms with Gasteiger partial charge in [-0.15, -0.1) is 5.73 Å². The fourth-order valence-electron chi connectivity index (χ4n) is 1.49. The first kappa shape index (κ1) is 11.4. The smallest absolute Gasteiger partial charge is 0.123 e. The zero-order chi connectivity index (χ0) is 12.1. The van der Waals surface area contributed by atoms with Crippen LogP contribution in [0.3, 0.4) is 0 Å². The van der Waals surface area contributed by atoms with Gasteiger partial charge in [0.2, 0.25) is 0 Å². The van der Waals surface area contributed by atoms with Crippen LogP contribution >= 0.6 is 0 Å². The summed E-state index contributed by atoms with van der Waals surface area (Å²) in [6, 6.07) is 14.6. The third-order valence-electron chi connectivity index (χ3n) is 2.43. The summed E-state index contributed by atoms with van der Waals surface area (Å²) < 4.78 is 12.9. The second-order valence-electron chi connectivity index (χ2n) is 3.92. The van der Waals surface area contributed by atoms with Gasteiger partial charge in [0.15, 0.2) is 0 Å². The van der Waals surface area contributed by atoms with Crippen LogP contribution in [0.15, 0.2) is 54.3 Å². The molecule has 0 radical (unpaired) electrons. The van der Waals surface area contributed by atoms with E-state index in [1.54, 1.807) is 12.1 Å². The third-order valence-corrected chi connectivity index (χ3v) is 2.43. The van der Waals surface area contributed by atoms with E-state index in [4.69, 9.17) is 0 Å². The number of hydrogen-bond donors (Lipinski definition) is 0. The van der Waals surface area contributed by atoms with Crippen molar-refractivity contribution in [2.45, 2.75) is 6.92 Å². The minimum Gasteiger partial charge on any atom is -0.207 e. The van der Waals surface area contributed by atoms with Crippen LogP contribution in [-0.4, -0.2) is 0 Å². The van der Waals surface area contributed by atoms with Gasteiger partial charge >= 0.3 is 0 Å². The average Bonchev–Trinajstić information content (AvgIpc) is 2.32. The maximum Gasteiger partial charge on any atom is 0.123 e. The Labute approximate surface area is 101 Å². The molecule has 0 amide bonds. The van der Waals surface area contributed by atoms with Crippen LogP contribution in [0.2, 0.25) is 0 Å². The lowest BCUT2D eigenvalue weighted by Gasteiger charge is -1.92. The van der Waals surface area contributed by atoms with Gasteiger partial charge in [0.05, 0.1) is 0 Å². The molecule has 0 saturated carbocycles. The quantitative estimate of drug-likeness (QED) is 0.661. The predicted octanol–water partition coefficient (Wildman–Crippen LogP) is 4.46. The molecule has 2 aromatic rings. The Balaban J connectivity index is 2.17. The SMILES string of the molecule is Cc1ccc(C=C=Cc2cccc(F)c2)cc1. The van der Waals surface area contributed by atoms with E-state index in [9.17, 15) is 4.39 Å². The first-order valence-electron chi connectivity index (χ1n) is 5.49. The Morgan fingerprint density at radius 1 is 0.941 bits per heavy atom. The minimum atomic E-state index is -0.226. The van der Waals surface area contributed by atoms with Crippen molar-refractivity contribution in [2.24, 2.45) is 0 Å². The highest BCUT2D eigenvalue weighted by molar-refractivity contribution is 5.57.